The van der Waals surface area contributed by atoms with Crippen molar-refractivity contribution in [2.24, 2.45) is 0 Å². The highest BCUT2D eigenvalue weighted by Gasteiger charge is 2.48. The molecule has 2 aliphatic rings. The molecule has 35 heavy (non-hydrogen) atoms. The molecule has 9 heteroatoms. The van der Waals surface area contributed by atoms with Crippen LogP contribution >= 0.6 is 0 Å². The largest absolute Gasteiger partial charge is 0.356 e. The fourth-order valence-electron chi connectivity index (χ4n) is 5.32. The summed E-state index contributed by atoms with van der Waals surface area (Å²) in [5, 5.41) is 12.5. The van der Waals surface area contributed by atoms with Crippen molar-refractivity contribution < 1.29 is 14.5 Å². The molecule has 1 saturated heterocycles. The number of carbonyl (C=O) groups excluding carboxylic acids is 2. The summed E-state index contributed by atoms with van der Waals surface area (Å²) in [4.78, 5) is 49.0. The van der Waals surface area contributed by atoms with E-state index < -0.39 is 17.0 Å². The average molecular weight is 467 g/mol. The number of piperazine rings is 1. The number of rotatable bonds is 4. The first kappa shape index (κ1) is 21.0. The second kappa shape index (κ2) is 8.05. The third-order valence-electron chi connectivity index (χ3n) is 6.86. The Kier molecular flexibility index (Phi) is 4.84. The molecule has 174 valence electrons. The van der Waals surface area contributed by atoms with Gasteiger partial charge in [-0.2, -0.15) is 0 Å². The third kappa shape index (κ3) is 3.43. The molecule has 2 atom stereocenters. The van der Waals surface area contributed by atoms with Gasteiger partial charge >= 0.3 is 0 Å². The number of hydrogen-bond acceptors (Lipinski definition) is 5. The Bertz CT molecular complexity index is 1480. The second-order valence-electron chi connectivity index (χ2n) is 8.89. The minimum Gasteiger partial charge on any atom is -0.356 e. The van der Waals surface area contributed by atoms with Crippen LogP contribution in [0.2, 0.25) is 0 Å². The Labute approximate surface area is 200 Å². The Hall–Kier alpha value is -4.53. The van der Waals surface area contributed by atoms with Crippen molar-refractivity contribution in [2.45, 2.75) is 25.0 Å². The number of fused-ring (bicyclic) bond motifs is 4. The van der Waals surface area contributed by atoms with Gasteiger partial charge in [0.1, 0.15) is 12.6 Å². The molecule has 2 aliphatic heterocycles. The standard InChI is InChI=1S/C26H21N5O4/c32-23-15-29(14-16-8-10-27-11-9-16)26(33)22-13-20-19-6-1-2-7-21(19)28-24(20)25(30(22)23)17-4-3-5-18(12-17)31(34)35/h1-12,22,25,28H,13-15H2/t22-,25+/m1/s1. The predicted octanol–water partition coefficient (Wildman–Crippen LogP) is 3.36. The fraction of sp³-hybridized carbons (Fsp3) is 0.192. The monoisotopic (exact) mass is 467 g/mol. The molecular weight excluding hydrogens is 446 g/mol. The van der Waals surface area contributed by atoms with Crippen LogP contribution in [0.15, 0.2) is 73.1 Å². The number of para-hydroxylation sites is 1. The molecular formula is C26H21N5O4. The summed E-state index contributed by atoms with van der Waals surface area (Å²) in [5.41, 5.74) is 4.10. The van der Waals surface area contributed by atoms with Crippen LogP contribution in [0.4, 0.5) is 5.69 Å². The Morgan fingerprint density at radius 3 is 2.66 bits per heavy atom. The maximum atomic E-state index is 13.7. The van der Waals surface area contributed by atoms with Gasteiger partial charge < -0.3 is 14.8 Å². The number of hydrogen-bond donors (Lipinski definition) is 1. The molecule has 2 aromatic carbocycles. The zero-order chi connectivity index (χ0) is 24.1. The summed E-state index contributed by atoms with van der Waals surface area (Å²) in [5.74, 6) is -0.322. The topological polar surface area (TPSA) is 112 Å². The van der Waals surface area contributed by atoms with Crippen LogP contribution in [-0.2, 0) is 22.6 Å². The van der Waals surface area contributed by atoms with Crippen LogP contribution in [-0.4, -0.2) is 49.1 Å². The van der Waals surface area contributed by atoms with Gasteiger partial charge in [-0.3, -0.25) is 24.7 Å². The van der Waals surface area contributed by atoms with Gasteiger partial charge in [0, 0.05) is 54.1 Å². The number of nitrogens with one attached hydrogen (secondary N) is 1. The highest BCUT2D eigenvalue weighted by Crippen LogP contribution is 2.43. The molecule has 1 N–H and O–H groups in total. The van der Waals surface area contributed by atoms with Crippen LogP contribution in [0.3, 0.4) is 0 Å². The molecule has 2 aromatic heterocycles. The van der Waals surface area contributed by atoms with E-state index in [0.29, 0.717) is 18.5 Å². The minimum atomic E-state index is -0.700. The summed E-state index contributed by atoms with van der Waals surface area (Å²) < 4.78 is 0. The highest BCUT2D eigenvalue weighted by atomic mass is 16.6. The average Bonchev–Trinajstić information content (AvgIpc) is 3.25. The fourth-order valence-corrected chi connectivity index (χ4v) is 5.32. The van der Waals surface area contributed by atoms with Crippen molar-refractivity contribution in [3.8, 4) is 0 Å². The van der Waals surface area contributed by atoms with E-state index in [9.17, 15) is 19.7 Å². The number of nitrogens with zero attached hydrogens (tertiary/aromatic N) is 4. The normalized spacial score (nSPS) is 19.5. The maximum absolute atomic E-state index is 13.7. The van der Waals surface area contributed by atoms with Crippen LogP contribution in [0, 0.1) is 10.1 Å². The molecule has 6 rings (SSSR count). The molecule has 0 spiro atoms. The lowest BCUT2D eigenvalue weighted by molar-refractivity contribution is -0.384. The molecule has 4 heterocycles. The quantitative estimate of drug-likeness (QED) is 0.365. The Morgan fingerprint density at radius 1 is 1.06 bits per heavy atom. The van der Waals surface area contributed by atoms with Gasteiger partial charge in [0.25, 0.3) is 5.69 Å². The predicted molar refractivity (Wildman–Crippen MR) is 127 cm³/mol. The second-order valence-corrected chi connectivity index (χ2v) is 8.89. The molecule has 0 aliphatic carbocycles. The van der Waals surface area contributed by atoms with Crippen molar-refractivity contribution in [3.05, 3.63) is 106 Å². The van der Waals surface area contributed by atoms with E-state index in [2.05, 4.69) is 9.97 Å². The van der Waals surface area contributed by atoms with Crippen LogP contribution in [0.25, 0.3) is 10.9 Å². The molecule has 0 bridgehead atoms. The smallest absolute Gasteiger partial charge is 0.269 e. The van der Waals surface area contributed by atoms with Gasteiger partial charge in [0.05, 0.1) is 11.0 Å². The van der Waals surface area contributed by atoms with Gasteiger partial charge in [-0.1, -0.05) is 30.3 Å². The van der Waals surface area contributed by atoms with E-state index >= 15 is 0 Å². The number of H-pyrrole nitrogens is 1. The number of nitro benzene ring substituents is 1. The van der Waals surface area contributed by atoms with Crippen molar-refractivity contribution in [2.75, 3.05) is 6.54 Å². The van der Waals surface area contributed by atoms with Crippen LogP contribution < -0.4 is 0 Å². The number of nitro groups is 1. The van der Waals surface area contributed by atoms with Gasteiger partial charge in [-0.15, -0.1) is 0 Å². The van der Waals surface area contributed by atoms with E-state index in [1.807, 2.05) is 36.4 Å². The van der Waals surface area contributed by atoms with Gasteiger partial charge in [0.2, 0.25) is 11.8 Å². The molecule has 4 aromatic rings. The first-order chi connectivity index (χ1) is 17.0. The Balaban J connectivity index is 1.48. The van der Waals surface area contributed by atoms with Gasteiger partial charge in [-0.25, -0.2) is 0 Å². The van der Waals surface area contributed by atoms with Crippen molar-refractivity contribution >= 4 is 28.4 Å². The summed E-state index contributed by atoms with van der Waals surface area (Å²) >= 11 is 0. The molecule has 2 amide bonds. The number of aromatic amines is 1. The number of carbonyl (C=O) groups is 2. The summed E-state index contributed by atoms with van der Waals surface area (Å²) in [6, 6.07) is 16.4. The molecule has 0 unspecified atom stereocenters. The number of aromatic nitrogens is 2. The SMILES string of the molecule is O=C1[C@H]2Cc3c([nH]c4ccccc34)[C@H](c3cccc([N+](=O)[O-])c3)N2C(=O)CN1Cc1ccncc1. The van der Waals surface area contributed by atoms with Crippen LogP contribution in [0.5, 0.6) is 0 Å². The maximum Gasteiger partial charge on any atom is 0.269 e. The van der Waals surface area contributed by atoms with E-state index in [-0.39, 0.29) is 24.0 Å². The summed E-state index contributed by atoms with van der Waals surface area (Å²) in [6.07, 6.45) is 3.70. The number of pyridine rings is 1. The summed E-state index contributed by atoms with van der Waals surface area (Å²) in [6.45, 7) is 0.262. The lowest BCUT2D eigenvalue weighted by Crippen LogP contribution is -2.62. The van der Waals surface area contributed by atoms with E-state index in [4.69, 9.17) is 0 Å². The first-order valence-electron chi connectivity index (χ1n) is 11.3. The molecule has 9 nitrogen and oxygen atoms in total. The van der Waals surface area contributed by atoms with Gasteiger partial charge in [0.15, 0.2) is 0 Å². The first-order valence-corrected chi connectivity index (χ1v) is 11.3. The number of non-ortho nitro benzene ring substituents is 1. The molecule has 0 radical (unpaired) electrons. The zero-order valence-electron chi connectivity index (χ0n) is 18.6. The highest BCUT2D eigenvalue weighted by molar-refractivity contribution is 5.97. The van der Waals surface area contributed by atoms with Crippen LogP contribution in [0.1, 0.15) is 28.4 Å². The third-order valence-corrected chi connectivity index (χ3v) is 6.86. The molecule has 1 fully saturated rings. The number of benzene rings is 2. The van der Waals surface area contributed by atoms with Crippen molar-refractivity contribution in [3.63, 3.8) is 0 Å². The van der Waals surface area contributed by atoms with Crippen molar-refractivity contribution in [1.82, 2.24) is 19.8 Å². The van der Waals surface area contributed by atoms with E-state index in [1.54, 1.807) is 34.3 Å². The number of amides is 2. The zero-order valence-corrected chi connectivity index (χ0v) is 18.6. The lowest BCUT2D eigenvalue weighted by atomic mass is 9.86. The lowest BCUT2D eigenvalue weighted by Gasteiger charge is -2.47. The van der Waals surface area contributed by atoms with Gasteiger partial charge in [-0.05, 0) is 34.9 Å². The minimum absolute atomic E-state index is 0.0569. The van der Waals surface area contributed by atoms with E-state index in [1.165, 1.54) is 12.1 Å². The van der Waals surface area contributed by atoms with Crippen molar-refractivity contribution in [1.29, 1.82) is 0 Å². The van der Waals surface area contributed by atoms with E-state index in [0.717, 1.165) is 27.7 Å². The molecule has 0 saturated carbocycles. The summed E-state index contributed by atoms with van der Waals surface area (Å²) in [7, 11) is 0. The Morgan fingerprint density at radius 2 is 1.86 bits per heavy atom.